The molecule has 0 bridgehead atoms. The van der Waals surface area contributed by atoms with Crippen LogP contribution in [0.2, 0.25) is 0 Å². The molecule has 1 aromatic rings. The number of piperazine rings is 1. The maximum atomic E-state index is 4.66. The molecule has 1 aliphatic heterocycles. The first kappa shape index (κ1) is 16.2. The molecule has 2 rings (SSSR count). The Hall–Kier alpha value is -1.13. The van der Waals surface area contributed by atoms with E-state index in [1.54, 1.807) is 0 Å². The van der Waals surface area contributed by atoms with E-state index < -0.39 is 0 Å². The van der Waals surface area contributed by atoms with Gasteiger partial charge in [-0.05, 0) is 45.9 Å². The summed E-state index contributed by atoms with van der Waals surface area (Å²) in [5.74, 6) is 1.11. The van der Waals surface area contributed by atoms with Crippen molar-refractivity contribution in [2.75, 3.05) is 37.6 Å². The molecule has 2 heterocycles. The van der Waals surface area contributed by atoms with E-state index in [1.807, 2.05) is 6.20 Å². The van der Waals surface area contributed by atoms with E-state index in [-0.39, 0.29) is 5.54 Å². The van der Waals surface area contributed by atoms with Crippen molar-refractivity contribution in [2.45, 2.75) is 46.2 Å². The van der Waals surface area contributed by atoms with E-state index in [2.05, 4.69) is 66.9 Å². The van der Waals surface area contributed by atoms with E-state index in [9.17, 15) is 0 Å². The third-order valence-electron chi connectivity index (χ3n) is 4.33. The molecule has 0 radical (unpaired) electrons. The number of rotatable bonds is 4. The summed E-state index contributed by atoms with van der Waals surface area (Å²) in [4.78, 5) is 9.60. The molecule has 0 spiro atoms. The first-order valence-corrected chi connectivity index (χ1v) is 8.11. The average molecular weight is 290 g/mol. The molecule has 4 nitrogen and oxygen atoms in total. The highest BCUT2D eigenvalue weighted by atomic mass is 15.3. The lowest BCUT2D eigenvalue weighted by molar-refractivity contribution is 0.128. The monoisotopic (exact) mass is 290 g/mol. The maximum absolute atomic E-state index is 4.66. The SMILES string of the molecule is CCNC(C)c1ccc(N2CCN(C(C)(C)C)CC2)nc1. The second-order valence-electron chi connectivity index (χ2n) is 6.87. The Balaban J connectivity index is 1.95. The van der Waals surface area contributed by atoms with Crippen molar-refractivity contribution in [3.8, 4) is 0 Å². The third-order valence-corrected chi connectivity index (χ3v) is 4.33. The van der Waals surface area contributed by atoms with Gasteiger partial charge in [0.25, 0.3) is 0 Å². The number of pyridine rings is 1. The summed E-state index contributed by atoms with van der Waals surface area (Å²) in [6.07, 6.45) is 2.01. The van der Waals surface area contributed by atoms with E-state index in [4.69, 9.17) is 0 Å². The molecule has 0 aromatic carbocycles. The van der Waals surface area contributed by atoms with E-state index >= 15 is 0 Å². The van der Waals surface area contributed by atoms with Gasteiger partial charge in [-0.3, -0.25) is 4.90 Å². The van der Waals surface area contributed by atoms with Crippen LogP contribution in [0.3, 0.4) is 0 Å². The molecule has 1 fully saturated rings. The number of nitrogens with one attached hydrogen (secondary N) is 1. The molecule has 1 saturated heterocycles. The van der Waals surface area contributed by atoms with Crippen molar-refractivity contribution < 1.29 is 0 Å². The molecule has 4 heteroatoms. The smallest absolute Gasteiger partial charge is 0.128 e. The maximum Gasteiger partial charge on any atom is 0.128 e. The van der Waals surface area contributed by atoms with Gasteiger partial charge < -0.3 is 10.2 Å². The van der Waals surface area contributed by atoms with Gasteiger partial charge in [0, 0.05) is 44.0 Å². The zero-order valence-electron chi connectivity index (χ0n) is 14.2. The second-order valence-corrected chi connectivity index (χ2v) is 6.87. The van der Waals surface area contributed by atoms with Gasteiger partial charge in [-0.25, -0.2) is 4.98 Å². The highest BCUT2D eigenvalue weighted by molar-refractivity contribution is 5.40. The second kappa shape index (κ2) is 6.75. The standard InChI is InChI=1S/C17H30N4/c1-6-18-14(2)15-7-8-16(19-13-15)20-9-11-21(12-10-20)17(3,4)5/h7-8,13-14,18H,6,9-12H2,1-5H3. The lowest BCUT2D eigenvalue weighted by atomic mass is 10.0. The van der Waals surface area contributed by atoms with Gasteiger partial charge in [0.05, 0.1) is 0 Å². The lowest BCUT2D eigenvalue weighted by Crippen LogP contribution is -2.53. The summed E-state index contributed by atoms with van der Waals surface area (Å²) in [7, 11) is 0. The molecule has 0 amide bonds. The Labute approximate surface area is 129 Å². The lowest BCUT2D eigenvalue weighted by Gasteiger charge is -2.42. The van der Waals surface area contributed by atoms with Crippen molar-refractivity contribution in [1.82, 2.24) is 15.2 Å². The van der Waals surface area contributed by atoms with Gasteiger partial charge in [-0.2, -0.15) is 0 Å². The van der Waals surface area contributed by atoms with Crippen LogP contribution < -0.4 is 10.2 Å². The van der Waals surface area contributed by atoms with Crippen LogP contribution in [0.5, 0.6) is 0 Å². The van der Waals surface area contributed by atoms with Gasteiger partial charge >= 0.3 is 0 Å². The van der Waals surface area contributed by atoms with Crippen LogP contribution in [0.1, 0.15) is 46.2 Å². The van der Waals surface area contributed by atoms with Crippen LogP contribution in [-0.4, -0.2) is 48.1 Å². The van der Waals surface area contributed by atoms with E-state index in [1.165, 1.54) is 5.56 Å². The summed E-state index contributed by atoms with van der Waals surface area (Å²) in [6, 6.07) is 4.73. The molecule has 21 heavy (non-hydrogen) atoms. The van der Waals surface area contributed by atoms with E-state index in [0.29, 0.717) is 6.04 Å². The first-order chi connectivity index (χ1) is 9.91. The van der Waals surface area contributed by atoms with Crippen LogP contribution in [0.15, 0.2) is 18.3 Å². The van der Waals surface area contributed by atoms with Gasteiger partial charge in [0.15, 0.2) is 0 Å². The number of hydrogen-bond donors (Lipinski definition) is 1. The van der Waals surface area contributed by atoms with E-state index in [0.717, 1.165) is 38.5 Å². The zero-order chi connectivity index (χ0) is 15.5. The predicted octanol–water partition coefficient (Wildman–Crippen LogP) is 2.67. The molecular weight excluding hydrogens is 260 g/mol. The highest BCUT2D eigenvalue weighted by Crippen LogP contribution is 2.20. The van der Waals surface area contributed by atoms with Crippen molar-refractivity contribution >= 4 is 5.82 Å². The summed E-state index contributed by atoms with van der Waals surface area (Å²) in [5.41, 5.74) is 1.53. The predicted molar refractivity (Wildman–Crippen MR) is 89.9 cm³/mol. The Morgan fingerprint density at radius 3 is 2.33 bits per heavy atom. The molecular formula is C17H30N4. The molecule has 1 aliphatic rings. The minimum atomic E-state index is 0.268. The number of aromatic nitrogens is 1. The Bertz CT molecular complexity index is 427. The minimum Gasteiger partial charge on any atom is -0.354 e. The summed E-state index contributed by atoms with van der Waals surface area (Å²) in [5, 5.41) is 3.42. The fraction of sp³-hybridized carbons (Fsp3) is 0.706. The Morgan fingerprint density at radius 2 is 1.86 bits per heavy atom. The molecule has 0 aliphatic carbocycles. The zero-order valence-corrected chi connectivity index (χ0v) is 14.2. The summed E-state index contributed by atoms with van der Waals surface area (Å²) < 4.78 is 0. The number of nitrogens with zero attached hydrogens (tertiary/aromatic N) is 3. The minimum absolute atomic E-state index is 0.268. The van der Waals surface area contributed by atoms with Gasteiger partial charge in [-0.1, -0.05) is 13.0 Å². The van der Waals surface area contributed by atoms with Crippen LogP contribution in [0.25, 0.3) is 0 Å². The average Bonchev–Trinajstić information content (AvgIpc) is 2.47. The molecule has 1 N–H and O–H groups in total. The van der Waals surface area contributed by atoms with Crippen molar-refractivity contribution in [3.63, 3.8) is 0 Å². The van der Waals surface area contributed by atoms with Crippen LogP contribution >= 0.6 is 0 Å². The third kappa shape index (κ3) is 4.17. The molecule has 0 saturated carbocycles. The topological polar surface area (TPSA) is 31.4 Å². The number of anilines is 1. The largest absolute Gasteiger partial charge is 0.354 e. The molecule has 1 aromatic heterocycles. The quantitative estimate of drug-likeness (QED) is 0.924. The Morgan fingerprint density at radius 1 is 1.19 bits per heavy atom. The normalized spacial score (nSPS) is 18.8. The highest BCUT2D eigenvalue weighted by Gasteiger charge is 2.26. The van der Waals surface area contributed by atoms with Gasteiger partial charge in [-0.15, -0.1) is 0 Å². The molecule has 1 unspecified atom stereocenters. The fourth-order valence-corrected chi connectivity index (χ4v) is 2.87. The fourth-order valence-electron chi connectivity index (χ4n) is 2.87. The first-order valence-electron chi connectivity index (χ1n) is 8.11. The molecule has 1 atom stereocenters. The summed E-state index contributed by atoms with van der Waals surface area (Å²) >= 11 is 0. The van der Waals surface area contributed by atoms with Crippen LogP contribution in [0, 0.1) is 0 Å². The van der Waals surface area contributed by atoms with Gasteiger partial charge in [0.1, 0.15) is 5.82 Å². The number of hydrogen-bond acceptors (Lipinski definition) is 4. The van der Waals surface area contributed by atoms with Crippen molar-refractivity contribution in [2.24, 2.45) is 0 Å². The molecule has 118 valence electrons. The van der Waals surface area contributed by atoms with Gasteiger partial charge in [0.2, 0.25) is 0 Å². The summed E-state index contributed by atoms with van der Waals surface area (Å²) in [6.45, 7) is 16.5. The van der Waals surface area contributed by atoms with Crippen LogP contribution in [-0.2, 0) is 0 Å². The van der Waals surface area contributed by atoms with Crippen molar-refractivity contribution in [1.29, 1.82) is 0 Å². The van der Waals surface area contributed by atoms with Crippen LogP contribution in [0.4, 0.5) is 5.82 Å². The van der Waals surface area contributed by atoms with Crippen molar-refractivity contribution in [3.05, 3.63) is 23.9 Å². The Kier molecular flexibility index (Phi) is 5.22.